The van der Waals surface area contributed by atoms with Gasteiger partial charge in [-0.3, -0.25) is 0 Å². The lowest BCUT2D eigenvalue weighted by atomic mass is 9.89. The molecule has 1 aromatic rings. The van der Waals surface area contributed by atoms with Crippen LogP contribution in [0.2, 0.25) is 0 Å². The van der Waals surface area contributed by atoms with Gasteiger partial charge in [0.2, 0.25) is 5.95 Å². The number of aliphatic hydroxyl groups is 2. The molecule has 0 amide bonds. The minimum atomic E-state index is 0.0352. The molecule has 0 bridgehead atoms. The van der Waals surface area contributed by atoms with E-state index in [0.717, 1.165) is 31.9 Å². The number of hydrogen-bond acceptors (Lipinski definition) is 8. The summed E-state index contributed by atoms with van der Waals surface area (Å²) in [6.07, 6.45) is 3.64. The van der Waals surface area contributed by atoms with Crippen LogP contribution >= 0.6 is 0 Å². The van der Waals surface area contributed by atoms with Crippen LogP contribution in [0.25, 0.3) is 0 Å². The molecule has 0 spiro atoms. The van der Waals surface area contributed by atoms with E-state index in [1.165, 1.54) is 25.9 Å². The fourth-order valence-corrected chi connectivity index (χ4v) is 3.99. The van der Waals surface area contributed by atoms with Gasteiger partial charge in [-0.1, -0.05) is 0 Å². The van der Waals surface area contributed by atoms with Gasteiger partial charge in [0, 0.05) is 38.9 Å². The topological polar surface area (TPSA) is 111 Å². The van der Waals surface area contributed by atoms with E-state index in [0.29, 0.717) is 18.3 Å². The van der Waals surface area contributed by atoms with E-state index in [1.807, 2.05) is 6.07 Å². The van der Waals surface area contributed by atoms with Crippen LogP contribution in [-0.4, -0.2) is 77.6 Å². The average molecular weight is 350 g/mol. The van der Waals surface area contributed by atoms with Gasteiger partial charge >= 0.3 is 0 Å². The van der Waals surface area contributed by atoms with Crippen LogP contribution in [0.4, 0.5) is 17.6 Å². The van der Waals surface area contributed by atoms with Gasteiger partial charge in [0.1, 0.15) is 11.6 Å². The van der Waals surface area contributed by atoms with Crippen LogP contribution in [0, 0.1) is 11.8 Å². The third kappa shape index (κ3) is 4.93. The van der Waals surface area contributed by atoms with Crippen molar-refractivity contribution in [3.63, 3.8) is 0 Å². The first-order chi connectivity index (χ1) is 12.2. The van der Waals surface area contributed by atoms with Gasteiger partial charge in [-0.25, -0.2) is 0 Å². The van der Waals surface area contributed by atoms with Gasteiger partial charge in [0.15, 0.2) is 0 Å². The van der Waals surface area contributed by atoms with Gasteiger partial charge in [-0.05, 0) is 44.2 Å². The van der Waals surface area contributed by atoms with Crippen molar-refractivity contribution in [1.29, 1.82) is 0 Å². The van der Waals surface area contributed by atoms with Crippen LogP contribution in [0.15, 0.2) is 6.07 Å². The number of rotatable bonds is 7. The molecule has 2 saturated heterocycles. The fourth-order valence-electron chi connectivity index (χ4n) is 3.99. The Hall–Kier alpha value is -1.64. The summed E-state index contributed by atoms with van der Waals surface area (Å²) in [4.78, 5) is 13.3. The van der Waals surface area contributed by atoms with E-state index in [-0.39, 0.29) is 25.1 Å². The van der Waals surface area contributed by atoms with Gasteiger partial charge in [-0.2, -0.15) is 9.97 Å². The molecule has 0 radical (unpaired) electrons. The molecule has 2 aliphatic rings. The fraction of sp³-hybridized carbons (Fsp3) is 0.765. The highest BCUT2D eigenvalue weighted by atomic mass is 16.3. The molecule has 2 atom stereocenters. The number of nitrogens with two attached hydrogens (primary N) is 1. The van der Waals surface area contributed by atoms with Crippen molar-refractivity contribution in [2.45, 2.75) is 19.3 Å². The molecule has 1 aromatic heterocycles. The second-order valence-corrected chi connectivity index (χ2v) is 7.18. The number of likely N-dealkylation sites (tertiary alicyclic amines) is 1. The highest BCUT2D eigenvalue weighted by Gasteiger charge is 2.30. The van der Waals surface area contributed by atoms with E-state index in [1.54, 1.807) is 0 Å². The first-order valence-electron chi connectivity index (χ1n) is 9.25. The predicted molar refractivity (Wildman–Crippen MR) is 98.6 cm³/mol. The Kier molecular flexibility index (Phi) is 6.28. The summed E-state index contributed by atoms with van der Waals surface area (Å²) in [6, 6.07) is 1.87. The minimum Gasteiger partial charge on any atom is -0.396 e. The SMILES string of the molecule is Nc1nc(NCCO)cc(N2C[C@@H](CN3CCCC3)C[C@H](CO)C2)n1. The Morgan fingerprint density at radius 1 is 1.16 bits per heavy atom. The Bertz CT molecular complexity index is 552. The average Bonchev–Trinajstić information content (AvgIpc) is 3.12. The lowest BCUT2D eigenvalue weighted by molar-refractivity contribution is 0.163. The number of aliphatic hydroxyl groups excluding tert-OH is 2. The first-order valence-corrected chi connectivity index (χ1v) is 9.25. The molecule has 25 heavy (non-hydrogen) atoms. The molecule has 0 unspecified atom stereocenters. The summed E-state index contributed by atoms with van der Waals surface area (Å²) in [5, 5.41) is 21.7. The Morgan fingerprint density at radius 2 is 1.92 bits per heavy atom. The highest BCUT2D eigenvalue weighted by molar-refractivity contribution is 5.53. The van der Waals surface area contributed by atoms with E-state index in [4.69, 9.17) is 10.8 Å². The van der Waals surface area contributed by atoms with Gasteiger partial charge in [0.05, 0.1) is 6.61 Å². The first kappa shape index (κ1) is 18.2. The van der Waals surface area contributed by atoms with E-state index >= 15 is 0 Å². The normalized spacial score (nSPS) is 24.6. The Labute approximate surface area is 149 Å². The van der Waals surface area contributed by atoms with Crippen molar-refractivity contribution in [3.05, 3.63) is 6.07 Å². The van der Waals surface area contributed by atoms with Crippen molar-refractivity contribution in [2.24, 2.45) is 11.8 Å². The molecular formula is C17H30N6O2. The van der Waals surface area contributed by atoms with Crippen LogP contribution in [0.3, 0.4) is 0 Å². The van der Waals surface area contributed by atoms with Crippen molar-refractivity contribution >= 4 is 17.6 Å². The molecule has 3 rings (SSSR count). The third-order valence-corrected chi connectivity index (χ3v) is 5.07. The third-order valence-electron chi connectivity index (χ3n) is 5.07. The quantitative estimate of drug-likeness (QED) is 0.544. The van der Waals surface area contributed by atoms with Crippen LogP contribution < -0.4 is 16.0 Å². The van der Waals surface area contributed by atoms with E-state index in [2.05, 4.69) is 25.1 Å². The summed E-state index contributed by atoms with van der Waals surface area (Å²) < 4.78 is 0. The highest BCUT2D eigenvalue weighted by Crippen LogP contribution is 2.28. The Balaban J connectivity index is 1.71. The van der Waals surface area contributed by atoms with Gasteiger partial charge in [-0.15, -0.1) is 0 Å². The maximum Gasteiger partial charge on any atom is 0.223 e. The number of hydrogen-bond donors (Lipinski definition) is 4. The van der Waals surface area contributed by atoms with Gasteiger partial charge < -0.3 is 31.1 Å². The van der Waals surface area contributed by atoms with Crippen molar-refractivity contribution in [1.82, 2.24) is 14.9 Å². The Morgan fingerprint density at radius 3 is 2.64 bits per heavy atom. The van der Waals surface area contributed by atoms with Crippen molar-refractivity contribution in [2.75, 3.05) is 68.4 Å². The number of anilines is 3. The number of nitrogen functional groups attached to an aromatic ring is 1. The van der Waals surface area contributed by atoms with Crippen molar-refractivity contribution < 1.29 is 10.2 Å². The van der Waals surface area contributed by atoms with Crippen LogP contribution in [-0.2, 0) is 0 Å². The maximum absolute atomic E-state index is 9.72. The zero-order valence-electron chi connectivity index (χ0n) is 14.8. The molecular weight excluding hydrogens is 320 g/mol. The molecule has 5 N–H and O–H groups in total. The second kappa shape index (κ2) is 8.64. The lowest BCUT2D eigenvalue weighted by Crippen LogP contribution is -2.45. The molecule has 8 nitrogen and oxygen atoms in total. The number of nitrogens with zero attached hydrogens (tertiary/aromatic N) is 4. The summed E-state index contributed by atoms with van der Waals surface area (Å²) in [7, 11) is 0. The predicted octanol–water partition coefficient (Wildman–Crippen LogP) is -0.00640. The number of aromatic nitrogens is 2. The molecule has 8 heteroatoms. The van der Waals surface area contributed by atoms with Crippen molar-refractivity contribution in [3.8, 4) is 0 Å². The molecule has 2 aliphatic heterocycles. The van der Waals surface area contributed by atoms with E-state index in [9.17, 15) is 5.11 Å². The molecule has 0 aromatic carbocycles. The number of nitrogens with one attached hydrogen (secondary N) is 1. The molecule has 3 heterocycles. The molecule has 140 valence electrons. The van der Waals surface area contributed by atoms with E-state index < -0.39 is 0 Å². The summed E-state index contributed by atoms with van der Waals surface area (Å²) in [5.41, 5.74) is 5.86. The van der Waals surface area contributed by atoms with Crippen LogP contribution in [0.1, 0.15) is 19.3 Å². The second-order valence-electron chi connectivity index (χ2n) is 7.18. The smallest absolute Gasteiger partial charge is 0.223 e. The minimum absolute atomic E-state index is 0.0352. The molecule has 0 aliphatic carbocycles. The van der Waals surface area contributed by atoms with Crippen LogP contribution in [0.5, 0.6) is 0 Å². The summed E-state index contributed by atoms with van der Waals surface area (Å²) in [5.74, 6) is 2.41. The standard InChI is InChI=1S/C17H30N6O2/c18-17-20-15(19-3-6-24)8-16(21-17)23-10-13(7-14(11-23)12-25)9-22-4-1-2-5-22/h8,13-14,24-25H,1-7,9-12H2,(H3,18,19,20,21)/t13-,14+/m1/s1. The van der Waals surface area contributed by atoms with Gasteiger partial charge in [0.25, 0.3) is 0 Å². The lowest BCUT2D eigenvalue weighted by Gasteiger charge is -2.39. The molecule has 2 fully saturated rings. The number of piperidine rings is 1. The monoisotopic (exact) mass is 350 g/mol. The molecule has 0 saturated carbocycles. The zero-order chi connectivity index (χ0) is 17.6. The maximum atomic E-state index is 9.72. The zero-order valence-corrected chi connectivity index (χ0v) is 14.8. The largest absolute Gasteiger partial charge is 0.396 e. The summed E-state index contributed by atoms with van der Waals surface area (Å²) in [6.45, 7) is 5.82. The summed E-state index contributed by atoms with van der Waals surface area (Å²) >= 11 is 0.